The van der Waals surface area contributed by atoms with Gasteiger partial charge in [-0.05, 0) is 61.6 Å². The molecule has 2 aromatic carbocycles. The second kappa shape index (κ2) is 24.3. The summed E-state index contributed by atoms with van der Waals surface area (Å²) in [6, 6.07) is 13.1. The number of aromatic nitrogens is 2. The highest BCUT2D eigenvalue weighted by Crippen LogP contribution is 2.28. The van der Waals surface area contributed by atoms with Crippen LogP contribution in [0.3, 0.4) is 0 Å². The van der Waals surface area contributed by atoms with E-state index in [2.05, 4.69) is 26.3 Å². The van der Waals surface area contributed by atoms with Gasteiger partial charge < -0.3 is 47.9 Å². The Balaban J connectivity index is 1.31. The van der Waals surface area contributed by atoms with Crippen LogP contribution < -0.4 is 38.5 Å². The summed E-state index contributed by atoms with van der Waals surface area (Å²) in [7, 11) is 0. The second-order valence-corrected chi connectivity index (χ2v) is 17.3. The Morgan fingerprint density at radius 3 is 2.08 bits per heavy atom. The highest BCUT2D eigenvalue weighted by molar-refractivity contribution is 5.97. The molecule has 5 rings (SSSR count). The molecule has 1 aromatic heterocycles. The normalized spacial score (nSPS) is 18.3. The third-order valence-electron chi connectivity index (χ3n) is 12.5. The molecule has 342 valence electrons. The molecule has 2 heterocycles. The molecule has 10 N–H and O–H groups in total. The minimum atomic E-state index is -1.15. The van der Waals surface area contributed by atoms with Crippen molar-refractivity contribution in [2.24, 2.45) is 29.0 Å². The Morgan fingerprint density at radius 2 is 1.43 bits per heavy atom. The van der Waals surface area contributed by atoms with Gasteiger partial charge in [0.15, 0.2) is 0 Å². The standard InChI is InChI=1S/C47H68N10O6/c1-3-31(2)41(55-44(60)39(26-33-17-9-5-10-18-33)53-45(61)40-22-14-24-57(40)47(63)36(49)21-13-23-48)46(62)54-38(25-32-15-7-4-8-16-32)43(59)52-37(42(50)58)27-35-29-56(30-51-35)28-34-19-11-6-12-20-34/h4,6-8,11-12,15-16,19-20,29-31,33,36-41H,3,5,9-10,13-14,17-18,21-28,48-49H2,1-2H3,(H2,50,58)(H,52,59)(H,53,61)(H,54,62)(H,55,60)/t31-,36-,37-,38+,39-,40-,41-/m0/s1. The monoisotopic (exact) mass is 869 g/mol. The number of primary amides is 1. The van der Waals surface area contributed by atoms with Crippen molar-refractivity contribution >= 4 is 35.4 Å². The minimum Gasteiger partial charge on any atom is -0.368 e. The van der Waals surface area contributed by atoms with Crippen molar-refractivity contribution in [3.05, 3.63) is 90.0 Å². The molecular formula is C47H68N10O6. The van der Waals surface area contributed by atoms with E-state index in [-0.39, 0.29) is 30.6 Å². The zero-order valence-electron chi connectivity index (χ0n) is 36.9. The summed E-state index contributed by atoms with van der Waals surface area (Å²) < 4.78 is 1.88. The summed E-state index contributed by atoms with van der Waals surface area (Å²) in [6.45, 7) is 5.09. The Kier molecular flexibility index (Phi) is 18.7. The number of benzene rings is 2. The molecule has 1 saturated heterocycles. The summed E-state index contributed by atoms with van der Waals surface area (Å²) in [5.74, 6) is -3.43. The van der Waals surface area contributed by atoms with E-state index in [9.17, 15) is 28.8 Å². The van der Waals surface area contributed by atoms with Crippen LogP contribution in [0.2, 0.25) is 0 Å². The fourth-order valence-electron chi connectivity index (χ4n) is 8.61. The van der Waals surface area contributed by atoms with E-state index in [1.54, 1.807) is 12.5 Å². The molecule has 6 amide bonds. The number of rotatable bonds is 23. The van der Waals surface area contributed by atoms with Crippen LogP contribution in [0.4, 0.5) is 0 Å². The zero-order valence-corrected chi connectivity index (χ0v) is 36.9. The number of nitrogens with zero attached hydrogens (tertiary/aromatic N) is 3. The number of carbonyl (C=O) groups is 6. The van der Waals surface area contributed by atoms with Gasteiger partial charge in [0.2, 0.25) is 35.4 Å². The van der Waals surface area contributed by atoms with Crippen molar-refractivity contribution in [3.8, 4) is 0 Å². The van der Waals surface area contributed by atoms with Gasteiger partial charge in [-0.15, -0.1) is 0 Å². The average molecular weight is 869 g/mol. The summed E-state index contributed by atoms with van der Waals surface area (Å²) >= 11 is 0. The van der Waals surface area contributed by atoms with Crippen LogP contribution in [-0.2, 0) is 48.2 Å². The van der Waals surface area contributed by atoms with Gasteiger partial charge in [0, 0.05) is 32.1 Å². The van der Waals surface area contributed by atoms with Gasteiger partial charge in [-0.1, -0.05) is 113 Å². The van der Waals surface area contributed by atoms with Gasteiger partial charge in [-0.2, -0.15) is 0 Å². The van der Waals surface area contributed by atoms with E-state index in [4.69, 9.17) is 17.2 Å². The quantitative estimate of drug-likeness (QED) is 0.0737. The molecule has 0 radical (unpaired) electrons. The highest BCUT2D eigenvalue weighted by Gasteiger charge is 2.39. The lowest BCUT2D eigenvalue weighted by Crippen LogP contribution is -2.61. The van der Waals surface area contributed by atoms with Gasteiger partial charge in [-0.25, -0.2) is 4.98 Å². The molecular weight excluding hydrogens is 801 g/mol. The third-order valence-corrected chi connectivity index (χ3v) is 12.5. The van der Waals surface area contributed by atoms with Gasteiger partial charge in [0.1, 0.15) is 30.2 Å². The van der Waals surface area contributed by atoms with E-state index in [1.807, 2.05) is 79.1 Å². The van der Waals surface area contributed by atoms with Crippen molar-refractivity contribution in [2.45, 2.75) is 140 Å². The van der Waals surface area contributed by atoms with Crippen LogP contribution in [0.1, 0.15) is 101 Å². The molecule has 1 aliphatic heterocycles. The van der Waals surface area contributed by atoms with Crippen molar-refractivity contribution in [2.75, 3.05) is 13.1 Å². The molecule has 16 nitrogen and oxygen atoms in total. The number of hydrogen-bond donors (Lipinski definition) is 7. The Hall–Kier alpha value is -5.61. The van der Waals surface area contributed by atoms with Crippen molar-refractivity contribution in [3.63, 3.8) is 0 Å². The van der Waals surface area contributed by atoms with Crippen molar-refractivity contribution in [1.29, 1.82) is 0 Å². The molecule has 1 saturated carbocycles. The molecule has 1 aliphatic carbocycles. The maximum absolute atomic E-state index is 14.4. The van der Waals surface area contributed by atoms with Crippen molar-refractivity contribution in [1.82, 2.24) is 35.7 Å². The first-order valence-electron chi connectivity index (χ1n) is 22.7. The second-order valence-electron chi connectivity index (χ2n) is 17.3. The van der Waals surface area contributed by atoms with Crippen LogP contribution in [0, 0.1) is 11.8 Å². The summed E-state index contributed by atoms with van der Waals surface area (Å²) in [5.41, 5.74) is 20.0. The first-order chi connectivity index (χ1) is 30.4. The average Bonchev–Trinajstić information content (AvgIpc) is 3.97. The highest BCUT2D eigenvalue weighted by atomic mass is 16.2. The Bertz CT molecular complexity index is 1960. The Morgan fingerprint density at radius 1 is 0.778 bits per heavy atom. The number of hydrogen-bond acceptors (Lipinski definition) is 9. The van der Waals surface area contributed by atoms with Crippen molar-refractivity contribution < 1.29 is 28.8 Å². The molecule has 0 bridgehead atoms. The topological polar surface area (TPSA) is 250 Å². The fraction of sp³-hybridized carbons (Fsp3) is 0.553. The molecule has 0 unspecified atom stereocenters. The summed E-state index contributed by atoms with van der Waals surface area (Å²) in [4.78, 5) is 88.9. The number of nitrogens with one attached hydrogen (secondary N) is 4. The predicted molar refractivity (Wildman–Crippen MR) is 240 cm³/mol. The van der Waals surface area contributed by atoms with E-state index >= 15 is 0 Å². The molecule has 7 atom stereocenters. The molecule has 2 fully saturated rings. The van der Waals surface area contributed by atoms with Crippen LogP contribution >= 0.6 is 0 Å². The fourth-order valence-corrected chi connectivity index (χ4v) is 8.61. The van der Waals surface area contributed by atoms with Gasteiger partial charge in [0.05, 0.1) is 18.1 Å². The molecule has 3 aromatic rings. The van der Waals surface area contributed by atoms with Gasteiger partial charge in [-0.3, -0.25) is 28.8 Å². The number of carbonyl (C=O) groups excluding carboxylic acids is 6. The SMILES string of the molecule is CC[C@H](C)[C@H](NC(=O)[C@H](CC1CCCCC1)NC(=O)[C@@H]1CCCN1C(=O)[C@@H](N)CCCN)C(=O)N[C@H](Cc1ccccc1)C(=O)N[C@@H](Cc1cn(Cc2ccccc2)cn1)C(N)=O. The maximum atomic E-state index is 14.4. The van der Waals surface area contributed by atoms with E-state index < -0.39 is 65.8 Å². The minimum absolute atomic E-state index is 0.0301. The molecule has 2 aliphatic rings. The van der Waals surface area contributed by atoms with E-state index in [0.29, 0.717) is 63.9 Å². The number of nitrogens with two attached hydrogens (primary N) is 3. The summed E-state index contributed by atoms with van der Waals surface area (Å²) in [5, 5.41) is 11.6. The number of likely N-dealkylation sites (tertiary alicyclic amines) is 1. The lowest BCUT2D eigenvalue weighted by molar-refractivity contribution is -0.141. The maximum Gasteiger partial charge on any atom is 0.243 e. The van der Waals surface area contributed by atoms with Gasteiger partial charge >= 0.3 is 0 Å². The number of amides is 6. The first-order valence-corrected chi connectivity index (χ1v) is 22.7. The molecule has 63 heavy (non-hydrogen) atoms. The van der Waals surface area contributed by atoms with Crippen LogP contribution in [-0.4, -0.2) is 99.2 Å². The molecule has 0 spiro atoms. The summed E-state index contributed by atoms with van der Waals surface area (Å²) in [6.07, 6.45) is 11.5. The van der Waals surface area contributed by atoms with E-state index in [0.717, 1.165) is 43.2 Å². The number of imidazole rings is 1. The smallest absolute Gasteiger partial charge is 0.243 e. The predicted octanol–water partition coefficient (Wildman–Crippen LogP) is 2.21. The van der Waals surface area contributed by atoms with Crippen LogP contribution in [0.15, 0.2) is 73.2 Å². The first kappa shape index (κ1) is 48.4. The van der Waals surface area contributed by atoms with E-state index in [1.165, 1.54) is 4.90 Å². The van der Waals surface area contributed by atoms with Crippen LogP contribution in [0.25, 0.3) is 0 Å². The largest absolute Gasteiger partial charge is 0.368 e. The Labute approximate surface area is 371 Å². The van der Waals surface area contributed by atoms with Crippen LogP contribution in [0.5, 0.6) is 0 Å². The van der Waals surface area contributed by atoms with Gasteiger partial charge in [0.25, 0.3) is 0 Å². The zero-order chi connectivity index (χ0) is 45.3. The lowest BCUT2D eigenvalue weighted by atomic mass is 9.84. The lowest BCUT2D eigenvalue weighted by Gasteiger charge is -2.32. The third kappa shape index (κ3) is 14.5. The molecule has 16 heteroatoms.